The van der Waals surface area contributed by atoms with Crippen LogP contribution in [0.3, 0.4) is 0 Å². The fraction of sp³-hybridized carbons (Fsp3) is 0.435. The molecular formula is C23H29N3O2S. The summed E-state index contributed by atoms with van der Waals surface area (Å²) in [7, 11) is 1.91. The highest BCUT2D eigenvalue weighted by Gasteiger charge is 2.23. The lowest BCUT2D eigenvalue weighted by Crippen LogP contribution is -2.39. The van der Waals surface area contributed by atoms with Crippen molar-refractivity contribution in [2.75, 3.05) is 12.8 Å². The quantitative estimate of drug-likeness (QED) is 0.684. The molecule has 154 valence electrons. The first-order valence-electron chi connectivity index (χ1n) is 10.3. The molecule has 6 heteroatoms. The zero-order chi connectivity index (χ0) is 20.6. The first-order valence-corrected chi connectivity index (χ1v) is 11.2. The van der Waals surface area contributed by atoms with E-state index in [1.165, 1.54) is 31.0 Å². The first-order chi connectivity index (χ1) is 14.1. The van der Waals surface area contributed by atoms with E-state index in [4.69, 9.17) is 0 Å². The molecule has 1 aliphatic rings. The Kier molecular flexibility index (Phi) is 7.69. The molecule has 2 aromatic rings. The van der Waals surface area contributed by atoms with E-state index in [1.807, 2.05) is 55.3 Å². The molecule has 1 heterocycles. The molecule has 1 fully saturated rings. The van der Waals surface area contributed by atoms with Crippen molar-refractivity contribution in [2.24, 2.45) is 0 Å². The van der Waals surface area contributed by atoms with Gasteiger partial charge in [-0.3, -0.25) is 14.6 Å². The largest absolute Gasteiger partial charge is 0.344 e. The Bertz CT molecular complexity index is 822. The van der Waals surface area contributed by atoms with Crippen LogP contribution in [-0.4, -0.2) is 40.5 Å². The van der Waals surface area contributed by atoms with Crippen molar-refractivity contribution in [2.45, 2.75) is 56.0 Å². The molecule has 0 spiro atoms. The molecule has 1 unspecified atom stereocenters. The average Bonchev–Trinajstić information content (AvgIpc) is 2.78. The Hall–Kier alpha value is -2.34. The second-order valence-electron chi connectivity index (χ2n) is 7.53. The summed E-state index contributed by atoms with van der Waals surface area (Å²) in [6.45, 7) is 1.92. The van der Waals surface area contributed by atoms with Crippen molar-refractivity contribution in [1.82, 2.24) is 15.2 Å². The van der Waals surface area contributed by atoms with Gasteiger partial charge in [0.2, 0.25) is 5.91 Å². The van der Waals surface area contributed by atoms with Gasteiger partial charge in [-0.15, -0.1) is 11.8 Å². The number of nitrogens with one attached hydrogen (secondary N) is 1. The molecular weight excluding hydrogens is 382 g/mol. The number of hydrogen-bond acceptors (Lipinski definition) is 4. The summed E-state index contributed by atoms with van der Waals surface area (Å²) in [5.41, 5.74) is 1.41. The minimum absolute atomic E-state index is 0.124. The van der Waals surface area contributed by atoms with Crippen molar-refractivity contribution in [3.8, 4) is 0 Å². The number of pyridine rings is 1. The Labute approximate surface area is 177 Å². The van der Waals surface area contributed by atoms with Crippen LogP contribution in [0.1, 0.15) is 61.1 Å². The highest BCUT2D eigenvalue weighted by Crippen LogP contribution is 2.26. The number of nitrogens with zero attached hydrogens (tertiary/aromatic N) is 2. The third kappa shape index (κ3) is 5.82. The summed E-state index contributed by atoms with van der Waals surface area (Å²) in [6, 6.07) is 13.3. The fourth-order valence-corrected chi connectivity index (χ4v) is 4.65. The van der Waals surface area contributed by atoms with Gasteiger partial charge in [-0.05, 0) is 44.0 Å². The molecule has 29 heavy (non-hydrogen) atoms. The number of aromatic nitrogens is 1. The van der Waals surface area contributed by atoms with Crippen LogP contribution in [0.4, 0.5) is 0 Å². The van der Waals surface area contributed by atoms with E-state index in [1.54, 1.807) is 12.3 Å². The maximum absolute atomic E-state index is 12.8. The van der Waals surface area contributed by atoms with Gasteiger partial charge in [0.15, 0.2) is 0 Å². The van der Waals surface area contributed by atoms with E-state index in [2.05, 4.69) is 10.3 Å². The third-order valence-electron chi connectivity index (χ3n) is 5.48. The summed E-state index contributed by atoms with van der Waals surface area (Å²) in [6.07, 6.45) is 7.58. The number of thioether (sulfide) groups is 1. The van der Waals surface area contributed by atoms with Crippen molar-refractivity contribution >= 4 is 23.6 Å². The van der Waals surface area contributed by atoms with Gasteiger partial charge >= 0.3 is 0 Å². The molecule has 1 N–H and O–H groups in total. The van der Waals surface area contributed by atoms with Gasteiger partial charge in [0.25, 0.3) is 5.91 Å². The number of benzene rings is 1. The predicted molar refractivity (Wildman–Crippen MR) is 117 cm³/mol. The molecule has 2 amide bonds. The minimum atomic E-state index is -0.194. The summed E-state index contributed by atoms with van der Waals surface area (Å²) in [5.74, 6) is 0.311. The van der Waals surface area contributed by atoms with Crippen LogP contribution in [0, 0.1) is 0 Å². The van der Waals surface area contributed by atoms with Crippen LogP contribution in [0.15, 0.2) is 53.6 Å². The van der Waals surface area contributed by atoms with Gasteiger partial charge in [0, 0.05) is 24.2 Å². The second kappa shape index (κ2) is 10.4. The smallest absolute Gasteiger partial charge is 0.252 e. The maximum Gasteiger partial charge on any atom is 0.252 e. The summed E-state index contributed by atoms with van der Waals surface area (Å²) >= 11 is 1.43. The number of hydrogen-bond donors (Lipinski definition) is 1. The average molecular weight is 412 g/mol. The van der Waals surface area contributed by atoms with Crippen molar-refractivity contribution in [1.29, 1.82) is 0 Å². The van der Waals surface area contributed by atoms with E-state index in [0.29, 0.717) is 17.4 Å². The third-order valence-corrected chi connectivity index (χ3v) is 6.54. The lowest BCUT2D eigenvalue weighted by Gasteiger charge is -2.31. The molecule has 1 saturated carbocycles. The van der Waals surface area contributed by atoms with Crippen LogP contribution in [0.5, 0.6) is 0 Å². The van der Waals surface area contributed by atoms with Gasteiger partial charge in [-0.2, -0.15) is 0 Å². The van der Waals surface area contributed by atoms with Crippen LogP contribution in [-0.2, 0) is 4.79 Å². The van der Waals surface area contributed by atoms with Crippen molar-refractivity contribution < 1.29 is 9.59 Å². The number of carbonyl (C=O) groups excluding carboxylic acids is 2. The Balaban J connectivity index is 1.61. The maximum atomic E-state index is 12.8. The molecule has 1 aliphatic carbocycles. The van der Waals surface area contributed by atoms with Gasteiger partial charge in [-0.1, -0.05) is 37.5 Å². The van der Waals surface area contributed by atoms with E-state index < -0.39 is 0 Å². The second-order valence-corrected chi connectivity index (χ2v) is 8.55. The Morgan fingerprint density at radius 1 is 1.14 bits per heavy atom. The molecule has 1 aromatic carbocycles. The minimum Gasteiger partial charge on any atom is -0.344 e. The van der Waals surface area contributed by atoms with E-state index >= 15 is 0 Å². The topological polar surface area (TPSA) is 62.3 Å². The van der Waals surface area contributed by atoms with Gasteiger partial charge in [-0.25, -0.2) is 0 Å². The Morgan fingerprint density at radius 2 is 1.86 bits per heavy atom. The predicted octanol–water partition coefficient (Wildman–Crippen LogP) is 4.46. The van der Waals surface area contributed by atoms with E-state index in [9.17, 15) is 9.59 Å². The Morgan fingerprint density at radius 3 is 2.59 bits per heavy atom. The molecule has 0 saturated heterocycles. The van der Waals surface area contributed by atoms with Crippen molar-refractivity contribution in [3.63, 3.8) is 0 Å². The molecule has 0 radical (unpaired) electrons. The standard InChI is InChI=1S/C23H29N3O2S/c1-17(20-13-8-9-15-24-20)25-23(28)19-12-6-7-14-21(19)29-16-22(27)26(2)18-10-4-3-5-11-18/h6-9,12-15,17-18H,3-5,10-11,16H2,1-2H3,(H,25,28). The first kappa shape index (κ1) is 21.4. The molecule has 1 atom stereocenters. The highest BCUT2D eigenvalue weighted by atomic mass is 32.2. The normalized spacial score (nSPS) is 15.5. The number of amides is 2. The molecule has 0 aliphatic heterocycles. The lowest BCUT2D eigenvalue weighted by molar-refractivity contribution is -0.129. The van der Waals surface area contributed by atoms with Gasteiger partial charge in [0.05, 0.1) is 23.1 Å². The summed E-state index contributed by atoms with van der Waals surface area (Å²) in [4.78, 5) is 32.5. The monoisotopic (exact) mass is 411 g/mol. The lowest BCUT2D eigenvalue weighted by atomic mass is 9.94. The summed E-state index contributed by atoms with van der Waals surface area (Å²) < 4.78 is 0. The fourth-order valence-electron chi connectivity index (χ4n) is 3.67. The molecule has 1 aromatic heterocycles. The highest BCUT2D eigenvalue weighted by molar-refractivity contribution is 8.00. The molecule has 5 nitrogen and oxygen atoms in total. The molecule has 3 rings (SSSR count). The van der Waals surface area contributed by atoms with Gasteiger partial charge < -0.3 is 10.2 Å². The van der Waals surface area contributed by atoms with Crippen LogP contribution < -0.4 is 5.32 Å². The zero-order valence-corrected chi connectivity index (χ0v) is 18.0. The van der Waals surface area contributed by atoms with E-state index in [0.717, 1.165) is 23.4 Å². The van der Waals surface area contributed by atoms with Crippen LogP contribution in [0.2, 0.25) is 0 Å². The van der Waals surface area contributed by atoms with Crippen LogP contribution >= 0.6 is 11.8 Å². The van der Waals surface area contributed by atoms with Crippen molar-refractivity contribution in [3.05, 3.63) is 59.9 Å². The number of rotatable bonds is 7. The number of carbonyl (C=O) groups is 2. The van der Waals surface area contributed by atoms with Crippen LogP contribution in [0.25, 0.3) is 0 Å². The van der Waals surface area contributed by atoms with Gasteiger partial charge in [0.1, 0.15) is 0 Å². The van der Waals surface area contributed by atoms with E-state index in [-0.39, 0.29) is 17.9 Å². The SMILES string of the molecule is CC(NC(=O)c1ccccc1SCC(=O)N(C)C1CCCCC1)c1ccccn1. The zero-order valence-electron chi connectivity index (χ0n) is 17.1. The summed E-state index contributed by atoms with van der Waals surface area (Å²) in [5, 5.41) is 3.00. The molecule has 0 bridgehead atoms.